The van der Waals surface area contributed by atoms with Gasteiger partial charge in [-0.25, -0.2) is 4.98 Å². The number of benzene rings is 1. The Balaban J connectivity index is 2.15. The predicted molar refractivity (Wildman–Crippen MR) is 73.7 cm³/mol. The van der Waals surface area contributed by atoms with Crippen molar-refractivity contribution in [2.45, 2.75) is 13.0 Å². The van der Waals surface area contributed by atoms with Crippen molar-refractivity contribution in [1.29, 1.82) is 0 Å². The molecule has 0 aliphatic heterocycles. The zero-order valence-corrected chi connectivity index (χ0v) is 10.6. The normalized spacial score (nSPS) is 10.8. The molecule has 2 aromatic rings. The molecule has 0 saturated heterocycles. The summed E-state index contributed by atoms with van der Waals surface area (Å²) in [5, 5.41) is 4.42. The van der Waals surface area contributed by atoms with Crippen LogP contribution < -0.4 is 15.8 Å². The molecule has 1 heterocycles. The molecule has 0 bridgehead atoms. The highest BCUT2D eigenvalue weighted by Gasteiger charge is 2.03. The first-order valence-corrected chi connectivity index (χ1v) is 6.18. The van der Waals surface area contributed by atoms with Crippen molar-refractivity contribution >= 4 is 10.9 Å². The van der Waals surface area contributed by atoms with E-state index in [0.717, 1.165) is 41.9 Å². The summed E-state index contributed by atoms with van der Waals surface area (Å²) in [5.74, 6) is 0.816. The second-order valence-electron chi connectivity index (χ2n) is 4.15. The maximum atomic E-state index is 5.45. The molecule has 4 heteroatoms. The molecule has 0 unspecified atom stereocenters. The van der Waals surface area contributed by atoms with Crippen LogP contribution in [0.4, 0.5) is 0 Å². The highest BCUT2D eigenvalue weighted by Crippen LogP contribution is 2.23. The molecule has 0 aliphatic rings. The van der Waals surface area contributed by atoms with Gasteiger partial charge in [0.05, 0.1) is 12.8 Å². The first-order chi connectivity index (χ1) is 8.85. The zero-order chi connectivity index (χ0) is 12.8. The summed E-state index contributed by atoms with van der Waals surface area (Å²) in [4.78, 5) is 4.62. The molecular weight excluding hydrogens is 226 g/mol. The molecule has 18 heavy (non-hydrogen) atoms. The van der Waals surface area contributed by atoms with Crippen LogP contribution in [0.15, 0.2) is 30.3 Å². The van der Waals surface area contributed by atoms with E-state index >= 15 is 0 Å². The lowest BCUT2D eigenvalue weighted by Gasteiger charge is -2.07. The summed E-state index contributed by atoms with van der Waals surface area (Å²) in [7, 11) is 1.67. The minimum absolute atomic E-state index is 0.714. The van der Waals surface area contributed by atoms with Crippen molar-refractivity contribution in [2.24, 2.45) is 5.73 Å². The maximum absolute atomic E-state index is 5.45. The van der Waals surface area contributed by atoms with Crippen LogP contribution in [0, 0.1) is 0 Å². The Morgan fingerprint density at radius 3 is 2.94 bits per heavy atom. The third-order valence-electron chi connectivity index (χ3n) is 2.82. The highest BCUT2D eigenvalue weighted by molar-refractivity contribution is 5.84. The van der Waals surface area contributed by atoms with Gasteiger partial charge in [-0.3, -0.25) is 0 Å². The molecule has 0 atom stereocenters. The van der Waals surface area contributed by atoms with Gasteiger partial charge in [-0.2, -0.15) is 0 Å². The summed E-state index contributed by atoms with van der Waals surface area (Å²) in [6.45, 7) is 2.39. The number of hydrogen-bond donors (Lipinski definition) is 2. The molecule has 0 saturated carbocycles. The topological polar surface area (TPSA) is 60.2 Å². The number of ether oxygens (including phenoxy) is 1. The lowest BCUT2D eigenvalue weighted by Crippen LogP contribution is -2.18. The van der Waals surface area contributed by atoms with E-state index < -0.39 is 0 Å². The lowest BCUT2D eigenvalue weighted by atomic mass is 10.2. The Bertz CT molecular complexity index is 513. The van der Waals surface area contributed by atoms with Crippen LogP contribution >= 0.6 is 0 Å². The molecule has 2 rings (SSSR count). The number of pyridine rings is 1. The predicted octanol–water partition coefficient (Wildman–Crippen LogP) is 1.68. The Morgan fingerprint density at radius 2 is 2.17 bits per heavy atom. The van der Waals surface area contributed by atoms with Gasteiger partial charge in [0.15, 0.2) is 0 Å². The average molecular weight is 245 g/mol. The van der Waals surface area contributed by atoms with Crippen LogP contribution in [0.2, 0.25) is 0 Å². The van der Waals surface area contributed by atoms with E-state index in [-0.39, 0.29) is 0 Å². The van der Waals surface area contributed by atoms with Gasteiger partial charge in [0, 0.05) is 11.9 Å². The molecular formula is C14H19N3O. The van der Waals surface area contributed by atoms with Gasteiger partial charge in [0.25, 0.3) is 0 Å². The van der Waals surface area contributed by atoms with Crippen LogP contribution in [0.5, 0.6) is 5.75 Å². The number of aromatic nitrogens is 1. The molecule has 1 aromatic heterocycles. The number of para-hydroxylation sites is 1. The number of hydrogen-bond acceptors (Lipinski definition) is 4. The average Bonchev–Trinajstić information content (AvgIpc) is 2.43. The van der Waals surface area contributed by atoms with E-state index in [1.807, 2.05) is 24.3 Å². The minimum Gasteiger partial charge on any atom is -0.494 e. The summed E-state index contributed by atoms with van der Waals surface area (Å²) < 4.78 is 5.33. The van der Waals surface area contributed by atoms with Crippen LogP contribution in [-0.2, 0) is 6.54 Å². The van der Waals surface area contributed by atoms with Gasteiger partial charge in [0.2, 0.25) is 0 Å². The lowest BCUT2D eigenvalue weighted by molar-refractivity contribution is 0.418. The third kappa shape index (κ3) is 2.97. The highest BCUT2D eigenvalue weighted by atomic mass is 16.5. The van der Waals surface area contributed by atoms with Gasteiger partial charge in [0.1, 0.15) is 11.3 Å². The number of methoxy groups -OCH3 is 1. The standard InChI is InChI=1S/C14H19N3O/c1-18-13-5-2-4-11-6-7-12(17-14(11)13)10-16-9-3-8-15/h2,4-7,16H,3,8-10,15H2,1H3. The fraction of sp³-hybridized carbons (Fsp3) is 0.357. The molecule has 1 aromatic carbocycles. The number of nitrogens with one attached hydrogen (secondary N) is 1. The summed E-state index contributed by atoms with van der Waals surface area (Å²) in [6, 6.07) is 10.1. The van der Waals surface area contributed by atoms with Crippen LogP contribution in [0.1, 0.15) is 12.1 Å². The number of nitrogens with two attached hydrogens (primary N) is 1. The molecule has 0 radical (unpaired) electrons. The van der Waals surface area contributed by atoms with E-state index in [0.29, 0.717) is 6.54 Å². The number of nitrogens with zero attached hydrogens (tertiary/aromatic N) is 1. The summed E-state index contributed by atoms with van der Waals surface area (Å²) >= 11 is 0. The maximum Gasteiger partial charge on any atom is 0.145 e. The van der Waals surface area contributed by atoms with Crippen LogP contribution in [0.25, 0.3) is 10.9 Å². The first-order valence-electron chi connectivity index (χ1n) is 6.18. The van der Waals surface area contributed by atoms with E-state index in [4.69, 9.17) is 10.5 Å². The molecule has 3 N–H and O–H groups in total. The van der Waals surface area contributed by atoms with Gasteiger partial charge in [-0.15, -0.1) is 0 Å². The van der Waals surface area contributed by atoms with Crippen LogP contribution in [-0.4, -0.2) is 25.2 Å². The van der Waals surface area contributed by atoms with E-state index in [1.165, 1.54) is 0 Å². The van der Waals surface area contributed by atoms with Gasteiger partial charge in [-0.05, 0) is 31.6 Å². The van der Waals surface area contributed by atoms with Crippen molar-refractivity contribution in [2.75, 3.05) is 20.2 Å². The van der Waals surface area contributed by atoms with Crippen molar-refractivity contribution in [3.05, 3.63) is 36.0 Å². The SMILES string of the molecule is COc1cccc2ccc(CNCCCN)nc12. The van der Waals surface area contributed by atoms with Gasteiger partial charge >= 0.3 is 0 Å². The van der Waals surface area contributed by atoms with Crippen molar-refractivity contribution < 1.29 is 4.74 Å². The Morgan fingerprint density at radius 1 is 1.28 bits per heavy atom. The summed E-state index contributed by atoms with van der Waals surface area (Å²) in [5.41, 5.74) is 7.38. The molecule has 96 valence electrons. The molecule has 0 amide bonds. The van der Waals surface area contributed by atoms with Gasteiger partial charge in [-0.1, -0.05) is 18.2 Å². The second kappa shape index (κ2) is 6.33. The second-order valence-corrected chi connectivity index (χ2v) is 4.15. The molecule has 0 aliphatic carbocycles. The monoisotopic (exact) mass is 245 g/mol. The third-order valence-corrected chi connectivity index (χ3v) is 2.82. The molecule has 4 nitrogen and oxygen atoms in total. The molecule has 0 fully saturated rings. The van der Waals surface area contributed by atoms with E-state index in [2.05, 4.69) is 16.4 Å². The fourth-order valence-electron chi connectivity index (χ4n) is 1.87. The fourth-order valence-corrected chi connectivity index (χ4v) is 1.87. The largest absolute Gasteiger partial charge is 0.494 e. The van der Waals surface area contributed by atoms with Crippen molar-refractivity contribution in [3.8, 4) is 5.75 Å². The van der Waals surface area contributed by atoms with E-state index in [1.54, 1.807) is 7.11 Å². The number of rotatable bonds is 6. The molecule has 0 spiro atoms. The quantitative estimate of drug-likeness (QED) is 0.760. The Labute approximate surface area is 107 Å². The van der Waals surface area contributed by atoms with Gasteiger partial charge < -0.3 is 15.8 Å². The Hall–Kier alpha value is -1.65. The number of fused-ring (bicyclic) bond motifs is 1. The van der Waals surface area contributed by atoms with E-state index in [9.17, 15) is 0 Å². The smallest absolute Gasteiger partial charge is 0.145 e. The Kier molecular flexibility index (Phi) is 4.50. The first kappa shape index (κ1) is 12.8. The minimum atomic E-state index is 0.714. The zero-order valence-electron chi connectivity index (χ0n) is 10.6. The van der Waals surface area contributed by atoms with Crippen LogP contribution in [0.3, 0.4) is 0 Å². The van der Waals surface area contributed by atoms with Crippen molar-refractivity contribution in [3.63, 3.8) is 0 Å². The van der Waals surface area contributed by atoms with Crippen molar-refractivity contribution in [1.82, 2.24) is 10.3 Å². The summed E-state index contributed by atoms with van der Waals surface area (Å²) in [6.07, 6.45) is 0.983.